The standard InChI is InChI=1S/C29H31NO6S/c1-34-23-14-12-21(13-15-23)28(31)29(27-20-35-27,22-8-4-3-5-9-22)30-18-16-24(17-19-30)36-25-10-6-7-11-26(25)37(2,32)33/h3-15,24,27H,16-20H2,1-2H3. The zero-order chi connectivity index (χ0) is 26.0. The van der Waals surface area contributed by atoms with Gasteiger partial charge in [0.15, 0.2) is 15.6 Å². The van der Waals surface area contributed by atoms with Crippen molar-refractivity contribution in [2.45, 2.75) is 35.5 Å². The molecular formula is C29H31NO6S. The third kappa shape index (κ3) is 5.01. The van der Waals surface area contributed by atoms with E-state index in [0.29, 0.717) is 49.6 Å². The van der Waals surface area contributed by atoms with E-state index in [0.717, 1.165) is 5.56 Å². The number of carbonyl (C=O) groups excluding carboxylic acids is 1. The highest BCUT2D eigenvalue weighted by molar-refractivity contribution is 7.90. The average Bonchev–Trinajstić information content (AvgIpc) is 3.76. The third-order valence-corrected chi connectivity index (χ3v) is 8.33. The number of methoxy groups -OCH3 is 1. The van der Waals surface area contributed by atoms with E-state index < -0.39 is 15.4 Å². The second-order valence-corrected chi connectivity index (χ2v) is 11.5. The molecule has 0 saturated carbocycles. The number of piperidine rings is 1. The Labute approximate surface area is 217 Å². The largest absolute Gasteiger partial charge is 0.497 e. The lowest BCUT2D eigenvalue weighted by molar-refractivity contribution is 0.00869. The smallest absolute Gasteiger partial charge is 0.190 e. The van der Waals surface area contributed by atoms with E-state index in [1.165, 1.54) is 6.26 Å². The summed E-state index contributed by atoms with van der Waals surface area (Å²) in [5.41, 5.74) is 0.534. The van der Waals surface area contributed by atoms with Gasteiger partial charge in [0.1, 0.15) is 34.1 Å². The van der Waals surface area contributed by atoms with Gasteiger partial charge in [-0.3, -0.25) is 9.69 Å². The third-order valence-electron chi connectivity index (χ3n) is 7.19. The molecule has 0 bridgehead atoms. The fourth-order valence-corrected chi connectivity index (χ4v) is 6.10. The molecule has 8 heteroatoms. The number of hydrogen-bond donors (Lipinski definition) is 0. The predicted molar refractivity (Wildman–Crippen MR) is 140 cm³/mol. The van der Waals surface area contributed by atoms with Gasteiger partial charge in [0, 0.05) is 24.9 Å². The molecule has 2 unspecified atom stereocenters. The van der Waals surface area contributed by atoms with E-state index >= 15 is 0 Å². The molecule has 2 aliphatic rings. The number of benzene rings is 3. The number of ketones is 1. The fraction of sp³-hybridized carbons (Fsp3) is 0.345. The molecule has 2 aliphatic heterocycles. The summed E-state index contributed by atoms with van der Waals surface area (Å²) in [5, 5.41) is 0. The second-order valence-electron chi connectivity index (χ2n) is 9.54. The first-order valence-electron chi connectivity index (χ1n) is 12.4. The molecule has 2 heterocycles. The molecule has 5 rings (SSSR count). The van der Waals surface area contributed by atoms with Gasteiger partial charge in [-0.25, -0.2) is 8.42 Å². The van der Waals surface area contributed by atoms with Crippen molar-refractivity contribution >= 4 is 15.6 Å². The van der Waals surface area contributed by atoms with E-state index in [2.05, 4.69) is 4.90 Å². The molecule has 0 radical (unpaired) electrons. The topological polar surface area (TPSA) is 85.4 Å². The van der Waals surface area contributed by atoms with E-state index in [4.69, 9.17) is 14.2 Å². The molecule has 2 saturated heterocycles. The number of rotatable bonds is 9. The van der Waals surface area contributed by atoms with Gasteiger partial charge in [-0.2, -0.15) is 0 Å². The van der Waals surface area contributed by atoms with Gasteiger partial charge in [0.2, 0.25) is 0 Å². The Balaban J connectivity index is 1.44. The maximum atomic E-state index is 14.3. The van der Waals surface area contributed by atoms with Crippen LogP contribution in [0.5, 0.6) is 11.5 Å². The normalized spacial score (nSPS) is 20.1. The van der Waals surface area contributed by atoms with Crippen LogP contribution in [0.15, 0.2) is 83.8 Å². The summed E-state index contributed by atoms with van der Waals surface area (Å²) in [4.78, 5) is 16.7. The van der Waals surface area contributed by atoms with Crippen molar-refractivity contribution in [1.29, 1.82) is 0 Å². The molecular weight excluding hydrogens is 490 g/mol. The summed E-state index contributed by atoms with van der Waals surface area (Å²) in [6.45, 7) is 1.71. The summed E-state index contributed by atoms with van der Waals surface area (Å²) in [7, 11) is -1.81. The van der Waals surface area contributed by atoms with Crippen molar-refractivity contribution in [2.24, 2.45) is 0 Å². The molecule has 194 valence electrons. The minimum atomic E-state index is -3.41. The van der Waals surface area contributed by atoms with Gasteiger partial charge in [-0.15, -0.1) is 0 Å². The first kappa shape index (κ1) is 25.4. The SMILES string of the molecule is COc1ccc(C(=O)C(c2ccccc2)(C2CO2)N2CCC(Oc3ccccc3S(C)(=O)=O)CC2)cc1. The summed E-state index contributed by atoms with van der Waals surface area (Å²) in [5.74, 6) is 1.06. The fourth-order valence-electron chi connectivity index (χ4n) is 5.30. The van der Waals surface area contributed by atoms with Crippen molar-refractivity contribution in [3.63, 3.8) is 0 Å². The lowest BCUT2D eigenvalue weighted by atomic mass is 9.77. The van der Waals surface area contributed by atoms with Gasteiger partial charge in [-0.1, -0.05) is 42.5 Å². The van der Waals surface area contributed by atoms with E-state index in [1.807, 2.05) is 30.3 Å². The molecule has 0 amide bonds. The Bertz CT molecular complexity index is 1350. The lowest BCUT2D eigenvalue weighted by Gasteiger charge is -2.45. The van der Waals surface area contributed by atoms with Crippen LogP contribution in [-0.4, -0.2) is 64.4 Å². The predicted octanol–water partition coefficient (Wildman–Crippen LogP) is 4.12. The minimum Gasteiger partial charge on any atom is -0.497 e. The van der Waals surface area contributed by atoms with Crippen LogP contribution in [0.3, 0.4) is 0 Å². The van der Waals surface area contributed by atoms with Crippen LogP contribution in [0.4, 0.5) is 0 Å². The Morgan fingerprint density at radius 1 is 0.946 bits per heavy atom. The van der Waals surface area contributed by atoms with E-state index in [1.54, 1.807) is 55.6 Å². The number of para-hydroxylation sites is 1. The lowest BCUT2D eigenvalue weighted by Crippen LogP contribution is -2.59. The van der Waals surface area contributed by atoms with Crippen molar-refractivity contribution in [3.8, 4) is 11.5 Å². The molecule has 2 fully saturated rings. The highest BCUT2D eigenvalue weighted by Crippen LogP contribution is 2.44. The number of hydrogen-bond acceptors (Lipinski definition) is 7. The summed E-state index contributed by atoms with van der Waals surface area (Å²) in [6, 6.07) is 23.8. The molecule has 0 aromatic heterocycles. The average molecular weight is 522 g/mol. The molecule has 0 spiro atoms. The van der Waals surface area contributed by atoms with Gasteiger partial charge in [-0.05, 0) is 54.8 Å². The van der Waals surface area contributed by atoms with Crippen molar-refractivity contribution in [1.82, 2.24) is 4.90 Å². The Hall–Kier alpha value is -3.20. The number of ether oxygens (including phenoxy) is 3. The van der Waals surface area contributed by atoms with Crippen LogP contribution in [-0.2, 0) is 20.1 Å². The number of nitrogens with zero attached hydrogens (tertiary/aromatic N) is 1. The molecule has 3 aromatic carbocycles. The molecule has 7 nitrogen and oxygen atoms in total. The number of Topliss-reactive ketones (excluding diaryl/α,β-unsaturated/α-hetero) is 1. The Morgan fingerprint density at radius 3 is 2.16 bits per heavy atom. The van der Waals surface area contributed by atoms with Gasteiger partial charge in [0.05, 0.1) is 13.7 Å². The molecule has 2 atom stereocenters. The second kappa shape index (κ2) is 10.3. The summed E-state index contributed by atoms with van der Waals surface area (Å²) >= 11 is 0. The first-order valence-corrected chi connectivity index (χ1v) is 14.3. The maximum Gasteiger partial charge on any atom is 0.190 e. The van der Waals surface area contributed by atoms with E-state index in [-0.39, 0.29) is 22.9 Å². The van der Waals surface area contributed by atoms with Crippen molar-refractivity contribution < 1.29 is 27.4 Å². The van der Waals surface area contributed by atoms with Crippen LogP contribution < -0.4 is 9.47 Å². The highest BCUT2D eigenvalue weighted by Gasteiger charge is 2.58. The summed E-state index contributed by atoms with van der Waals surface area (Å²) < 4.78 is 41.8. The number of carbonyl (C=O) groups is 1. The van der Waals surface area contributed by atoms with Gasteiger partial charge < -0.3 is 14.2 Å². The number of epoxide rings is 1. The monoisotopic (exact) mass is 521 g/mol. The van der Waals surface area contributed by atoms with Crippen LogP contribution in [0.2, 0.25) is 0 Å². The van der Waals surface area contributed by atoms with Crippen molar-refractivity contribution in [2.75, 3.05) is 33.1 Å². The van der Waals surface area contributed by atoms with Gasteiger partial charge >= 0.3 is 0 Å². The molecule has 37 heavy (non-hydrogen) atoms. The first-order chi connectivity index (χ1) is 17.8. The number of sulfone groups is 1. The van der Waals surface area contributed by atoms with Crippen LogP contribution in [0, 0.1) is 0 Å². The maximum absolute atomic E-state index is 14.3. The quantitative estimate of drug-likeness (QED) is 0.309. The molecule has 0 N–H and O–H groups in total. The van der Waals surface area contributed by atoms with Crippen molar-refractivity contribution in [3.05, 3.63) is 90.0 Å². The molecule has 3 aromatic rings. The molecule has 0 aliphatic carbocycles. The zero-order valence-corrected chi connectivity index (χ0v) is 21.8. The van der Waals surface area contributed by atoms with Crippen LogP contribution >= 0.6 is 0 Å². The summed E-state index contributed by atoms with van der Waals surface area (Å²) in [6.07, 6.45) is 2.06. The van der Waals surface area contributed by atoms with Crippen LogP contribution in [0.25, 0.3) is 0 Å². The Morgan fingerprint density at radius 2 is 1.57 bits per heavy atom. The zero-order valence-electron chi connectivity index (χ0n) is 21.0. The van der Waals surface area contributed by atoms with E-state index in [9.17, 15) is 13.2 Å². The number of likely N-dealkylation sites (tertiary alicyclic amines) is 1. The minimum absolute atomic E-state index is 0.00866. The Kier molecular flexibility index (Phi) is 7.07. The van der Waals surface area contributed by atoms with Gasteiger partial charge in [0.25, 0.3) is 0 Å². The van der Waals surface area contributed by atoms with Crippen LogP contribution in [0.1, 0.15) is 28.8 Å². The highest BCUT2D eigenvalue weighted by atomic mass is 32.2.